The smallest absolute Gasteiger partial charge is 0.398 e. The van der Waals surface area contributed by atoms with E-state index in [-0.39, 0.29) is 0 Å². The zero-order chi connectivity index (χ0) is 14.3. The Balaban J connectivity index is 1.80. The maximum atomic E-state index is 12.9. The average molecular weight is 284 g/mol. The monoisotopic (exact) mass is 284 g/mol. The number of epoxide rings is 1. The third kappa shape index (κ3) is 2.43. The second kappa shape index (κ2) is 4.63. The van der Waals surface area contributed by atoms with Gasteiger partial charge in [-0.25, -0.2) is 4.79 Å². The summed E-state index contributed by atoms with van der Waals surface area (Å²) < 4.78 is 48.9. The van der Waals surface area contributed by atoms with E-state index < -0.39 is 36.4 Å². The molecule has 2 heterocycles. The predicted molar refractivity (Wildman–Crippen MR) is 62.6 cm³/mol. The summed E-state index contributed by atoms with van der Waals surface area (Å²) in [6, 6.07) is 8.91. The van der Waals surface area contributed by atoms with Crippen LogP contribution in [0.5, 0.6) is 0 Å². The molecular weight excluding hydrogens is 273 g/mol. The van der Waals surface area contributed by atoms with Crippen LogP contribution >= 0.6 is 0 Å². The van der Waals surface area contributed by atoms with Crippen molar-refractivity contribution in [3.8, 4) is 0 Å². The normalized spacial score (nSPS) is 32.9. The fourth-order valence-corrected chi connectivity index (χ4v) is 2.39. The van der Waals surface area contributed by atoms with Crippen molar-refractivity contribution in [3.63, 3.8) is 0 Å². The number of alkyl halides is 3. The van der Waals surface area contributed by atoms with Crippen LogP contribution in [0.2, 0.25) is 0 Å². The van der Waals surface area contributed by atoms with Gasteiger partial charge in [-0.3, -0.25) is 0 Å². The van der Waals surface area contributed by atoms with Crippen molar-refractivity contribution >= 4 is 5.97 Å². The number of cyclic esters (lactones) is 1. The fraction of sp³-hybridized carbons (Fsp3) is 0.357. The molecule has 3 rings (SSSR count). The highest BCUT2D eigenvalue weighted by Crippen LogP contribution is 2.47. The second-order valence-electron chi connectivity index (χ2n) is 4.76. The summed E-state index contributed by atoms with van der Waals surface area (Å²) in [5.74, 6) is -2.59. The zero-order valence-corrected chi connectivity index (χ0v) is 10.2. The molecule has 0 aromatic heterocycles. The lowest BCUT2D eigenvalue weighted by Crippen LogP contribution is -2.41. The molecular formula is C14H11F3O3. The van der Waals surface area contributed by atoms with Crippen LogP contribution in [0.15, 0.2) is 42.5 Å². The van der Waals surface area contributed by atoms with Crippen molar-refractivity contribution in [2.45, 2.75) is 24.5 Å². The van der Waals surface area contributed by atoms with E-state index in [4.69, 9.17) is 9.47 Å². The molecule has 20 heavy (non-hydrogen) atoms. The maximum absolute atomic E-state index is 12.9. The molecule has 0 amide bonds. The minimum atomic E-state index is -4.46. The Kier molecular flexibility index (Phi) is 3.05. The van der Waals surface area contributed by atoms with Gasteiger partial charge in [-0.05, 0) is 5.56 Å². The second-order valence-corrected chi connectivity index (χ2v) is 4.76. The van der Waals surface area contributed by atoms with E-state index in [1.807, 2.05) is 6.07 Å². The van der Waals surface area contributed by atoms with Crippen molar-refractivity contribution in [3.05, 3.63) is 48.0 Å². The molecule has 1 aromatic carbocycles. The van der Waals surface area contributed by atoms with E-state index in [9.17, 15) is 18.0 Å². The number of esters is 1. The van der Waals surface area contributed by atoms with Gasteiger partial charge in [0.25, 0.3) is 0 Å². The quantitative estimate of drug-likeness (QED) is 0.619. The number of carbonyl (C=O) groups is 1. The van der Waals surface area contributed by atoms with E-state index in [1.54, 1.807) is 24.3 Å². The number of ether oxygens (including phenoxy) is 2. The molecule has 3 nitrogen and oxygen atoms in total. The maximum Gasteiger partial charge on any atom is 0.398 e. The van der Waals surface area contributed by atoms with Gasteiger partial charge in [0.15, 0.2) is 0 Å². The summed E-state index contributed by atoms with van der Waals surface area (Å²) >= 11 is 0. The van der Waals surface area contributed by atoms with Gasteiger partial charge in [0.2, 0.25) is 0 Å². The van der Waals surface area contributed by atoms with Crippen LogP contribution in [0, 0.1) is 5.92 Å². The van der Waals surface area contributed by atoms with Crippen LogP contribution in [0.1, 0.15) is 11.7 Å². The lowest BCUT2D eigenvalue weighted by Gasteiger charge is -2.28. The molecule has 0 radical (unpaired) electrons. The summed E-state index contributed by atoms with van der Waals surface area (Å²) in [6.45, 7) is 0. The molecule has 2 aliphatic rings. The fourth-order valence-electron chi connectivity index (χ4n) is 2.39. The molecule has 1 aromatic rings. The molecule has 6 heteroatoms. The molecule has 1 fully saturated rings. The van der Waals surface area contributed by atoms with Crippen LogP contribution in [0.4, 0.5) is 13.2 Å². The standard InChI is InChI=1S/C14H11F3O3/c15-14(16,17)9-6-7-10(18)19-12(9)13-11(20-13)8-4-2-1-3-5-8/h1-7,9,11-13H/t9-,11-,12-,13+/m1/s1. The zero-order valence-electron chi connectivity index (χ0n) is 10.2. The Morgan fingerprint density at radius 3 is 2.40 bits per heavy atom. The van der Waals surface area contributed by atoms with E-state index >= 15 is 0 Å². The van der Waals surface area contributed by atoms with Crippen molar-refractivity contribution in [2.75, 3.05) is 0 Å². The van der Waals surface area contributed by atoms with Crippen LogP contribution in [0.3, 0.4) is 0 Å². The Hall–Kier alpha value is -1.82. The highest BCUT2D eigenvalue weighted by Gasteiger charge is 2.57. The molecule has 1 saturated heterocycles. The molecule has 4 atom stereocenters. The highest BCUT2D eigenvalue weighted by atomic mass is 19.4. The minimum absolute atomic E-state index is 0.453. The topological polar surface area (TPSA) is 38.8 Å². The highest BCUT2D eigenvalue weighted by molar-refractivity contribution is 5.83. The first-order valence-electron chi connectivity index (χ1n) is 6.13. The lowest BCUT2D eigenvalue weighted by molar-refractivity contribution is -0.199. The van der Waals surface area contributed by atoms with Crippen LogP contribution in [0.25, 0.3) is 0 Å². The van der Waals surface area contributed by atoms with Gasteiger partial charge in [0.1, 0.15) is 24.2 Å². The largest absolute Gasteiger partial charge is 0.455 e. The average Bonchev–Trinajstić information content (AvgIpc) is 3.18. The summed E-state index contributed by atoms with van der Waals surface area (Å²) in [5, 5.41) is 0. The van der Waals surface area contributed by atoms with Gasteiger partial charge in [0.05, 0.1) is 0 Å². The van der Waals surface area contributed by atoms with Gasteiger partial charge in [-0.2, -0.15) is 13.2 Å². The molecule has 106 valence electrons. The van der Waals surface area contributed by atoms with Crippen LogP contribution in [-0.2, 0) is 14.3 Å². The predicted octanol–water partition coefficient (Wildman–Crippen LogP) is 2.79. The number of rotatable bonds is 2. The third-order valence-corrected chi connectivity index (χ3v) is 3.40. The number of hydrogen-bond acceptors (Lipinski definition) is 3. The first kappa shape index (κ1) is 13.2. The van der Waals surface area contributed by atoms with E-state index in [2.05, 4.69) is 0 Å². The Bertz CT molecular complexity index is 538. The Labute approximate surface area is 113 Å². The molecule has 0 saturated carbocycles. The van der Waals surface area contributed by atoms with E-state index in [0.717, 1.165) is 17.7 Å². The third-order valence-electron chi connectivity index (χ3n) is 3.40. The van der Waals surface area contributed by atoms with Gasteiger partial charge in [-0.1, -0.05) is 36.4 Å². The molecule has 2 aliphatic heterocycles. The Morgan fingerprint density at radius 1 is 1.05 bits per heavy atom. The summed E-state index contributed by atoms with van der Waals surface area (Å²) in [7, 11) is 0. The van der Waals surface area contributed by atoms with Crippen molar-refractivity contribution in [1.82, 2.24) is 0 Å². The van der Waals surface area contributed by atoms with E-state index in [0.29, 0.717) is 0 Å². The molecule has 0 unspecified atom stereocenters. The molecule has 0 bridgehead atoms. The van der Waals surface area contributed by atoms with Crippen LogP contribution < -0.4 is 0 Å². The molecule has 0 spiro atoms. The van der Waals surface area contributed by atoms with Crippen molar-refractivity contribution < 1.29 is 27.4 Å². The first-order chi connectivity index (χ1) is 9.47. The van der Waals surface area contributed by atoms with Crippen molar-refractivity contribution in [1.29, 1.82) is 0 Å². The summed E-state index contributed by atoms with van der Waals surface area (Å²) in [5.41, 5.74) is 0.782. The minimum Gasteiger partial charge on any atom is -0.455 e. The Morgan fingerprint density at radius 2 is 1.75 bits per heavy atom. The van der Waals surface area contributed by atoms with Crippen molar-refractivity contribution in [2.24, 2.45) is 5.92 Å². The first-order valence-corrected chi connectivity index (χ1v) is 6.13. The number of hydrogen-bond donors (Lipinski definition) is 0. The number of benzene rings is 1. The summed E-state index contributed by atoms with van der Waals surface area (Å²) in [6.07, 6.45) is -5.33. The SMILES string of the molecule is O=C1C=C[C@@H](C(F)(F)F)[C@H]([C@H]2O[C@@H]2c2ccccc2)O1. The number of carbonyl (C=O) groups excluding carboxylic acids is 1. The molecule has 0 N–H and O–H groups in total. The van der Waals surface area contributed by atoms with Gasteiger partial charge in [0, 0.05) is 6.08 Å². The van der Waals surface area contributed by atoms with E-state index in [1.165, 1.54) is 0 Å². The van der Waals surface area contributed by atoms with Gasteiger partial charge < -0.3 is 9.47 Å². The molecule has 0 aliphatic carbocycles. The summed E-state index contributed by atoms with van der Waals surface area (Å²) in [4.78, 5) is 11.2. The van der Waals surface area contributed by atoms with Gasteiger partial charge in [-0.15, -0.1) is 0 Å². The van der Waals surface area contributed by atoms with Gasteiger partial charge >= 0.3 is 12.1 Å². The number of halogens is 3. The van der Waals surface area contributed by atoms with Crippen LogP contribution in [-0.4, -0.2) is 24.4 Å². The lowest BCUT2D eigenvalue weighted by atomic mass is 9.93.